The highest BCUT2D eigenvalue weighted by Gasteiger charge is 2.18. The zero-order chi connectivity index (χ0) is 22.2. The minimum atomic E-state index is -0.278. The average molecular weight is 424 g/mol. The summed E-state index contributed by atoms with van der Waals surface area (Å²) >= 11 is 0. The number of rotatable bonds is 10. The number of aromatic nitrogens is 2. The number of methoxy groups -OCH3 is 1. The minimum absolute atomic E-state index is 0.241. The van der Waals surface area contributed by atoms with Crippen molar-refractivity contribution in [1.82, 2.24) is 15.1 Å². The van der Waals surface area contributed by atoms with Crippen molar-refractivity contribution in [3.63, 3.8) is 0 Å². The SMILES string of the molecule is CCC[NH+](CCC)CCNC(=O)c1nn(-c2cccc(OC)c2)c(=O)c2ccccc12. The minimum Gasteiger partial charge on any atom is -0.497 e. The fourth-order valence-corrected chi connectivity index (χ4v) is 3.79. The Morgan fingerprint density at radius 2 is 1.74 bits per heavy atom. The molecule has 0 atom stereocenters. The van der Waals surface area contributed by atoms with Gasteiger partial charge in [0.1, 0.15) is 5.75 Å². The van der Waals surface area contributed by atoms with Crippen LogP contribution in [0.4, 0.5) is 0 Å². The first kappa shape index (κ1) is 22.5. The quantitative estimate of drug-likeness (QED) is 0.522. The Balaban J connectivity index is 1.93. The molecular formula is C24H31N4O3+. The molecule has 0 bridgehead atoms. The summed E-state index contributed by atoms with van der Waals surface area (Å²) in [6.07, 6.45) is 2.22. The lowest BCUT2D eigenvalue weighted by Crippen LogP contribution is -3.12. The van der Waals surface area contributed by atoms with E-state index in [9.17, 15) is 9.59 Å². The summed E-state index contributed by atoms with van der Waals surface area (Å²) in [7, 11) is 1.57. The van der Waals surface area contributed by atoms with Crippen LogP contribution in [0.3, 0.4) is 0 Å². The van der Waals surface area contributed by atoms with Crippen LogP contribution in [-0.2, 0) is 0 Å². The highest BCUT2D eigenvalue weighted by Crippen LogP contribution is 2.18. The highest BCUT2D eigenvalue weighted by molar-refractivity contribution is 6.04. The van der Waals surface area contributed by atoms with Crippen LogP contribution in [0.25, 0.3) is 16.5 Å². The van der Waals surface area contributed by atoms with Crippen molar-refractivity contribution in [2.75, 3.05) is 33.3 Å². The molecule has 7 heteroatoms. The van der Waals surface area contributed by atoms with Gasteiger partial charge in [-0.3, -0.25) is 9.59 Å². The maximum absolute atomic E-state index is 13.1. The predicted octanol–water partition coefficient (Wildman–Crippen LogP) is 1.83. The fraction of sp³-hybridized carbons (Fsp3) is 0.375. The molecular weight excluding hydrogens is 392 g/mol. The van der Waals surface area contributed by atoms with E-state index < -0.39 is 0 Å². The zero-order valence-electron chi connectivity index (χ0n) is 18.5. The van der Waals surface area contributed by atoms with Gasteiger partial charge in [-0.2, -0.15) is 9.78 Å². The Labute approximate surface area is 182 Å². The van der Waals surface area contributed by atoms with Gasteiger partial charge in [0.15, 0.2) is 5.69 Å². The Hall–Kier alpha value is -3.19. The number of nitrogens with one attached hydrogen (secondary N) is 2. The molecule has 7 nitrogen and oxygen atoms in total. The van der Waals surface area contributed by atoms with Gasteiger partial charge in [-0.15, -0.1) is 0 Å². The molecule has 0 aliphatic rings. The first-order valence-electron chi connectivity index (χ1n) is 10.9. The Morgan fingerprint density at radius 1 is 1.03 bits per heavy atom. The van der Waals surface area contributed by atoms with Crippen LogP contribution in [0.15, 0.2) is 53.3 Å². The van der Waals surface area contributed by atoms with Crippen LogP contribution in [0, 0.1) is 0 Å². The van der Waals surface area contributed by atoms with E-state index >= 15 is 0 Å². The predicted molar refractivity (Wildman–Crippen MR) is 122 cm³/mol. The van der Waals surface area contributed by atoms with E-state index in [1.807, 2.05) is 6.07 Å². The molecule has 2 N–H and O–H groups in total. The molecule has 0 aliphatic heterocycles. The van der Waals surface area contributed by atoms with Crippen molar-refractivity contribution in [1.29, 1.82) is 0 Å². The summed E-state index contributed by atoms with van der Waals surface area (Å²) in [4.78, 5) is 27.6. The second kappa shape index (κ2) is 10.7. The summed E-state index contributed by atoms with van der Waals surface area (Å²) < 4.78 is 6.54. The number of benzene rings is 2. The summed E-state index contributed by atoms with van der Waals surface area (Å²) in [5.74, 6) is 0.334. The molecule has 3 rings (SSSR count). The topological polar surface area (TPSA) is 77.7 Å². The summed E-state index contributed by atoms with van der Waals surface area (Å²) in [5, 5.41) is 8.45. The molecule has 0 aliphatic carbocycles. The monoisotopic (exact) mass is 423 g/mol. The lowest BCUT2D eigenvalue weighted by molar-refractivity contribution is -0.898. The Morgan fingerprint density at radius 3 is 2.42 bits per heavy atom. The molecule has 3 aromatic rings. The smallest absolute Gasteiger partial charge is 0.279 e. The van der Waals surface area contributed by atoms with Crippen LogP contribution in [0.1, 0.15) is 37.2 Å². The second-order valence-corrected chi connectivity index (χ2v) is 7.57. The largest absolute Gasteiger partial charge is 0.497 e. The lowest BCUT2D eigenvalue weighted by Gasteiger charge is -2.18. The van der Waals surface area contributed by atoms with Crippen molar-refractivity contribution in [3.8, 4) is 11.4 Å². The third-order valence-electron chi connectivity index (χ3n) is 5.29. The van der Waals surface area contributed by atoms with Crippen molar-refractivity contribution in [3.05, 3.63) is 64.6 Å². The van der Waals surface area contributed by atoms with E-state index in [2.05, 4.69) is 24.3 Å². The number of hydrogen-bond acceptors (Lipinski definition) is 4. The van der Waals surface area contributed by atoms with E-state index in [1.54, 1.807) is 49.6 Å². The number of amides is 1. The first-order valence-corrected chi connectivity index (χ1v) is 10.9. The van der Waals surface area contributed by atoms with Gasteiger partial charge in [-0.05, 0) is 31.0 Å². The van der Waals surface area contributed by atoms with Crippen molar-refractivity contribution in [2.45, 2.75) is 26.7 Å². The molecule has 2 aromatic carbocycles. The van der Waals surface area contributed by atoms with Gasteiger partial charge in [-0.25, -0.2) is 0 Å². The van der Waals surface area contributed by atoms with Crippen molar-refractivity contribution in [2.24, 2.45) is 0 Å². The fourth-order valence-electron chi connectivity index (χ4n) is 3.79. The molecule has 0 unspecified atom stereocenters. The van der Waals surface area contributed by atoms with Crippen LogP contribution < -0.4 is 20.5 Å². The van der Waals surface area contributed by atoms with Gasteiger partial charge in [0.05, 0.1) is 44.4 Å². The van der Waals surface area contributed by atoms with Gasteiger partial charge in [0, 0.05) is 11.5 Å². The summed E-state index contributed by atoms with van der Waals surface area (Å²) in [6, 6.07) is 14.2. The van der Waals surface area contributed by atoms with E-state index in [4.69, 9.17) is 4.74 Å². The van der Waals surface area contributed by atoms with Crippen LogP contribution in [0.2, 0.25) is 0 Å². The van der Waals surface area contributed by atoms with Crippen LogP contribution in [0.5, 0.6) is 5.75 Å². The van der Waals surface area contributed by atoms with E-state index in [1.165, 1.54) is 9.58 Å². The first-order chi connectivity index (χ1) is 15.1. The van der Waals surface area contributed by atoms with Crippen molar-refractivity contribution < 1.29 is 14.4 Å². The molecule has 1 aromatic heterocycles. The maximum atomic E-state index is 13.1. The maximum Gasteiger partial charge on any atom is 0.279 e. The standard InChI is InChI=1S/C24H30N4O3/c1-4-14-27(15-5-2)16-13-25-23(29)22-20-11-6-7-12-21(20)24(30)28(26-22)18-9-8-10-19(17-18)31-3/h6-12,17H,4-5,13-16H2,1-3H3,(H,25,29)/p+1. The molecule has 0 saturated carbocycles. The van der Waals surface area contributed by atoms with Gasteiger partial charge >= 0.3 is 0 Å². The normalized spacial score (nSPS) is 11.1. The lowest BCUT2D eigenvalue weighted by atomic mass is 10.1. The highest BCUT2D eigenvalue weighted by atomic mass is 16.5. The number of hydrogen-bond donors (Lipinski definition) is 2. The molecule has 0 radical (unpaired) electrons. The number of fused-ring (bicyclic) bond motifs is 1. The second-order valence-electron chi connectivity index (χ2n) is 7.57. The molecule has 164 valence electrons. The zero-order valence-corrected chi connectivity index (χ0v) is 18.5. The number of carbonyl (C=O) groups is 1. The average Bonchev–Trinajstić information content (AvgIpc) is 2.79. The number of quaternary nitrogens is 1. The molecule has 1 amide bonds. The van der Waals surface area contributed by atoms with E-state index in [-0.39, 0.29) is 17.2 Å². The van der Waals surface area contributed by atoms with Gasteiger partial charge < -0.3 is 15.0 Å². The Kier molecular flexibility index (Phi) is 7.78. The number of nitrogens with zero attached hydrogens (tertiary/aromatic N) is 2. The third kappa shape index (κ3) is 5.30. The van der Waals surface area contributed by atoms with E-state index in [0.29, 0.717) is 28.8 Å². The molecule has 0 saturated heterocycles. The van der Waals surface area contributed by atoms with Gasteiger partial charge in [-0.1, -0.05) is 38.1 Å². The molecule has 0 spiro atoms. The third-order valence-corrected chi connectivity index (χ3v) is 5.29. The summed E-state index contributed by atoms with van der Waals surface area (Å²) in [6.45, 7) is 7.94. The Bertz CT molecular complexity index is 1090. The molecule has 31 heavy (non-hydrogen) atoms. The van der Waals surface area contributed by atoms with Crippen LogP contribution >= 0.6 is 0 Å². The van der Waals surface area contributed by atoms with Crippen LogP contribution in [-0.4, -0.2) is 49.0 Å². The van der Waals surface area contributed by atoms with Gasteiger partial charge in [0.25, 0.3) is 11.5 Å². The van der Waals surface area contributed by atoms with Gasteiger partial charge in [0.2, 0.25) is 0 Å². The molecule has 1 heterocycles. The number of ether oxygens (including phenoxy) is 1. The van der Waals surface area contributed by atoms with Crippen molar-refractivity contribution >= 4 is 16.7 Å². The van der Waals surface area contributed by atoms with E-state index in [0.717, 1.165) is 32.5 Å². The molecule has 0 fully saturated rings. The summed E-state index contributed by atoms with van der Waals surface area (Å²) in [5.41, 5.74) is 0.512. The number of carbonyl (C=O) groups excluding carboxylic acids is 1.